The van der Waals surface area contributed by atoms with Crippen molar-refractivity contribution >= 4 is 23.5 Å². The molecular weight excluding hydrogens is 328 g/mol. The Labute approximate surface area is 144 Å². The van der Waals surface area contributed by atoms with E-state index in [-0.39, 0.29) is 23.7 Å². The Morgan fingerprint density at radius 2 is 1.92 bits per heavy atom. The zero-order valence-electron chi connectivity index (χ0n) is 13.1. The number of hydrogen-bond donors (Lipinski definition) is 1. The first-order valence-electron chi connectivity index (χ1n) is 7.75. The predicted octanol–water partition coefficient (Wildman–Crippen LogP) is 3.80. The molecule has 1 aliphatic rings. The zero-order valence-corrected chi connectivity index (χ0v) is 13.9. The highest BCUT2D eigenvalue weighted by Gasteiger charge is 2.36. The van der Waals surface area contributed by atoms with Crippen molar-refractivity contribution in [1.29, 1.82) is 0 Å². The molecule has 0 radical (unpaired) electrons. The number of carbonyl (C=O) groups is 2. The summed E-state index contributed by atoms with van der Waals surface area (Å²) >= 11 is 5.93. The molecular formula is C18H17ClN2O3. The van der Waals surface area contributed by atoms with Crippen molar-refractivity contribution in [3.63, 3.8) is 0 Å². The van der Waals surface area contributed by atoms with E-state index in [2.05, 4.69) is 4.98 Å². The van der Waals surface area contributed by atoms with Crippen molar-refractivity contribution in [3.8, 4) is 0 Å². The van der Waals surface area contributed by atoms with Gasteiger partial charge >= 0.3 is 5.97 Å². The summed E-state index contributed by atoms with van der Waals surface area (Å²) in [6.07, 6.45) is 3.27. The number of aromatic carboxylic acids is 1. The number of benzene rings is 1. The third-order valence-corrected chi connectivity index (χ3v) is 4.42. The van der Waals surface area contributed by atoms with Crippen LogP contribution in [0.15, 0.2) is 42.6 Å². The minimum Gasteiger partial charge on any atom is -0.477 e. The second-order valence-electron chi connectivity index (χ2n) is 5.91. The number of carboxylic acids is 1. The molecule has 0 bridgehead atoms. The Morgan fingerprint density at radius 3 is 2.50 bits per heavy atom. The maximum Gasteiger partial charge on any atom is 0.354 e. The number of rotatable bonds is 5. The molecule has 5 nitrogen and oxygen atoms in total. The lowest BCUT2D eigenvalue weighted by molar-refractivity contribution is 0.0673. The average Bonchev–Trinajstić information content (AvgIpc) is 3.40. The quantitative estimate of drug-likeness (QED) is 0.895. The topological polar surface area (TPSA) is 70.5 Å². The Morgan fingerprint density at radius 1 is 1.25 bits per heavy atom. The van der Waals surface area contributed by atoms with Crippen molar-refractivity contribution in [2.75, 3.05) is 0 Å². The minimum atomic E-state index is -1.15. The van der Waals surface area contributed by atoms with Gasteiger partial charge in [-0.2, -0.15) is 0 Å². The highest BCUT2D eigenvalue weighted by molar-refractivity contribution is 6.30. The van der Waals surface area contributed by atoms with Crippen LogP contribution >= 0.6 is 11.6 Å². The van der Waals surface area contributed by atoms with Gasteiger partial charge in [0.05, 0.1) is 6.04 Å². The lowest BCUT2D eigenvalue weighted by atomic mass is 10.1. The number of carbonyl (C=O) groups excluding carboxylic acids is 1. The molecule has 1 saturated carbocycles. The SMILES string of the molecule is CC(c1ccc(Cl)cc1)N(C(=O)c1ccnc(C(=O)O)c1)C1CC1. The summed E-state index contributed by atoms with van der Waals surface area (Å²) in [7, 11) is 0. The van der Waals surface area contributed by atoms with Gasteiger partial charge in [-0.05, 0) is 49.6 Å². The van der Waals surface area contributed by atoms with E-state index in [9.17, 15) is 9.59 Å². The van der Waals surface area contributed by atoms with Crippen molar-refractivity contribution < 1.29 is 14.7 Å². The molecule has 1 aromatic carbocycles. The number of aromatic nitrogens is 1. The van der Waals surface area contributed by atoms with Crippen molar-refractivity contribution in [3.05, 3.63) is 64.4 Å². The summed E-state index contributed by atoms with van der Waals surface area (Å²) in [5.41, 5.74) is 1.21. The first kappa shape index (κ1) is 16.5. The third-order valence-electron chi connectivity index (χ3n) is 4.17. The van der Waals surface area contributed by atoms with E-state index < -0.39 is 5.97 Å². The summed E-state index contributed by atoms with van der Waals surface area (Å²) in [5, 5.41) is 9.71. The summed E-state index contributed by atoms with van der Waals surface area (Å²) in [4.78, 5) is 29.6. The van der Waals surface area contributed by atoms with Crippen LogP contribution in [0, 0.1) is 0 Å². The molecule has 1 heterocycles. The highest BCUT2D eigenvalue weighted by Crippen LogP contribution is 2.35. The van der Waals surface area contributed by atoms with Crippen molar-refractivity contribution in [2.24, 2.45) is 0 Å². The number of nitrogens with zero attached hydrogens (tertiary/aromatic N) is 2. The van der Waals surface area contributed by atoms with Crippen LogP contribution in [0.25, 0.3) is 0 Å². The monoisotopic (exact) mass is 344 g/mol. The van der Waals surface area contributed by atoms with Crippen LogP contribution in [-0.4, -0.2) is 32.9 Å². The molecule has 0 spiro atoms. The van der Waals surface area contributed by atoms with Gasteiger partial charge in [0, 0.05) is 22.8 Å². The zero-order chi connectivity index (χ0) is 17.3. The summed E-state index contributed by atoms with van der Waals surface area (Å²) in [6.45, 7) is 1.97. The van der Waals surface area contributed by atoms with E-state index in [0.717, 1.165) is 18.4 Å². The average molecular weight is 345 g/mol. The van der Waals surface area contributed by atoms with Crippen LogP contribution in [-0.2, 0) is 0 Å². The Bertz CT molecular complexity index is 772. The number of pyridine rings is 1. The molecule has 24 heavy (non-hydrogen) atoms. The molecule has 1 N–H and O–H groups in total. The van der Waals surface area contributed by atoms with Crippen LogP contribution < -0.4 is 0 Å². The van der Waals surface area contributed by atoms with E-state index in [0.29, 0.717) is 10.6 Å². The fourth-order valence-electron chi connectivity index (χ4n) is 2.74. The smallest absolute Gasteiger partial charge is 0.354 e. The molecule has 2 aromatic rings. The number of halogens is 1. The molecule has 0 aliphatic heterocycles. The van der Waals surface area contributed by atoms with Gasteiger partial charge < -0.3 is 10.0 Å². The van der Waals surface area contributed by atoms with Gasteiger partial charge in [-0.15, -0.1) is 0 Å². The van der Waals surface area contributed by atoms with Gasteiger partial charge in [0.25, 0.3) is 5.91 Å². The molecule has 1 atom stereocenters. The number of amides is 1. The van der Waals surface area contributed by atoms with Crippen LogP contribution in [0.1, 0.15) is 52.2 Å². The summed E-state index contributed by atoms with van der Waals surface area (Å²) in [5.74, 6) is -1.32. The molecule has 0 saturated heterocycles. The molecule has 1 fully saturated rings. The Hall–Kier alpha value is -2.40. The van der Waals surface area contributed by atoms with Crippen LogP contribution in [0.2, 0.25) is 5.02 Å². The fourth-order valence-corrected chi connectivity index (χ4v) is 2.87. The van der Waals surface area contributed by atoms with Gasteiger partial charge in [-0.3, -0.25) is 4.79 Å². The summed E-state index contributed by atoms with van der Waals surface area (Å²) < 4.78 is 0. The number of hydrogen-bond acceptors (Lipinski definition) is 3. The van der Waals surface area contributed by atoms with Crippen LogP contribution in [0.5, 0.6) is 0 Å². The van der Waals surface area contributed by atoms with Crippen LogP contribution in [0.4, 0.5) is 0 Å². The molecule has 1 aromatic heterocycles. The molecule has 3 rings (SSSR count). The Balaban J connectivity index is 1.90. The van der Waals surface area contributed by atoms with Gasteiger partial charge in [-0.1, -0.05) is 23.7 Å². The molecule has 1 aliphatic carbocycles. The maximum atomic E-state index is 13.0. The normalized spacial score (nSPS) is 14.9. The van der Waals surface area contributed by atoms with Crippen molar-refractivity contribution in [1.82, 2.24) is 9.88 Å². The molecule has 6 heteroatoms. The second kappa shape index (κ2) is 6.61. The highest BCUT2D eigenvalue weighted by atomic mass is 35.5. The van der Waals surface area contributed by atoms with E-state index >= 15 is 0 Å². The maximum absolute atomic E-state index is 13.0. The van der Waals surface area contributed by atoms with Crippen LogP contribution in [0.3, 0.4) is 0 Å². The lowest BCUT2D eigenvalue weighted by Gasteiger charge is -2.30. The second-order valence-corrected chi connectivity index (χ2v) is 6.34. The standard InChI is InChI=1S/C18H17ClN2O3/c1-11(12-2-4-14(19)5-3-12)21(15-6-7-15)17(22)13-8-9-20-16(10-13)18(23)24/h2-5,8-11,15H,6-7H2,1H3,(H,23,24). The molecule has 1 amide bonds. The third kappa shape index (κ3) is 3.41. The van der Waals surface area contributed by atoms with Gasteiger partial charge in [0.2, 0.25) is 0 Å². The summed E-state index contributed by atoms with van der Waals surface area (Å²) in [6, 6.07) is 10.4. The lowest BCUT2D eigenvalue weighted by Crippen LogP contribution is -2.35. The van der Waals surface area contributed by atoms with Gasteiger partial charge in [0.15, 0.2) is 0 Å². The van der Waals surface area contributed by atoms with E-state index in [1.54, 1.807) is 18.2 Å². The van der Waals surface area contributed by atoms with E-state index in [1.165, 1.54) is 12.3 Å². The minimum absolute atomic E-state index is 0.122. The molecule has 1 unspecified atom stereocenters. The predicted molar refractivity (Wildman–Crippen MR) is 90.3 cm³/mol. The Kier molecular flexibility index (Phi) is 4.53. The van der Waals surface area contributed by atoms with E-state index in [4.69, 9.17) is 16.7 Å². The number of carboxylic acid groups (broad SMARTS) is 1. The van der Waals surface area contributed by atoms with Crippen molar-refractivity contribution in [2.45, 2.75) is 31.8 Å². The first-order chi connectivity index (χ1) is 11.5. The largest absolute Gasteiger partial charge is 0.477 e. The first-order valence-corrected chi connectivity index (χ1v) is 8.12. The van der Waals surface area contributed by atoms with E-state index in [1.807, 2.05) is 24.0 Å². The fraction of sp³-hybridized carbons (Fsp3) is 0.278. The van der Waals surface area contributed by atoms with Gasteiger partial charge in [-0.25, -0.2) is 9.78 Å². The van der Waals surface area contributed by atoms with Gasteiger partial charge in [0.1, 0.15) is 5.69 Å². The molecule has 124 valence electrons.